The molecular formula is C26H37N5O2. The van der Waals surface area contributed by atoms with Crippen LogP contribution in [0.1, 0.15) is 56.1 Å². The summed E-state index contributed by atoms with van der Waals surface area (Å²) in [5, 5.41) is 9.50. The summed E-state index contributed by atoms with van der Waals surface area (Å²) in [6.45, 7) is 15.1. The van der Waals surface area contributed by atoms with Gasteiger partial charge in [-0.3, -0.25) is 9.78 Å². The van der Waals surface area contributed by atoms with E-state index in [1.165, 1.54) is 25.9 Å². The lowest BCUT2D eigenvalue weighted by Gasteiger charge is -2.24. The van der Waals surface area contributed by atoms with Crippen LogP contribution < -0.4 is 16.0 Å². The van der Waals surface area contributed by atoms with Gasteiger partial charge in [-0.1, -0.05) is 18.2 Å². The number of rotatable bonds is 11. The maximum absolute atomic E-state index is 12.7. The van der Waals surface area contributed by atoms with Crippen LogP contribution in [-0.4, -0.2) is 47.6 Å². The Morgan fingerprint density at radius 1 is 1.09 bits per heavy atom. The number of pyridine rings is 1. The van der Waals surface area contributed by atoms with Crippen molar-refractivity contribution in [2.45, 2.75) is 52.2 Å². The molecule has 7 heteroatoms. The van der Waals surface area contributed by atoms with Gasteiger partial charge in [-0.25, -0.2) is 0 Å². The van der Waals surface area contributed by atoms with Crippen molar-refractivity contribution in [2.24, 2.45) is 0 Å². The van der Waals surface area contributed by atoms with Crippen LogP contribution in [0.2, 0.25) is 0 Å². The van der Waals surface area contributed by atoms with Crippen LogP contribution in [0.15, 0.2) is 55.1 Å². The van der Waals surface area contributed by atoms with Gasteiger partial charge >= 0.3 is 0 Å². The summed E-state index contributed by atoms with van der Waals surface area (Å²) >= 11 is 0. The van der Waals surface area contributed by atoms with Gasteiger partial charge in [0.15, 0.2) is 5.88 Å². The van der Waals surface area contributed by atoms with Gasteiger partial charge in [-0.15, -0.1) is 0 Å². The third-order valence-corrected chi connectivity index (χ3v) is 5.29. The number of aromatic nitrogens is 1. The number of anilines is 2. The Hall–Kier alpha value is -2.90. The molecule has 1 amide bonds. The van der Waals surface area contributed by atoms with Crippen molar-refractivity contribution in [3.8, 4) is 0 Å². The third-order valence-electron chi connectivity index (χ3n) is 5.29. The lowest BCUT2D eigenvalue weighted by Crippen LogP contribution is -2.24. The van der Waals surface area contributed by atoms with E-state index in [-0.39, 0.29) is 11.5 Å². The highest BCUT2D eigenvalue weighted by molar-refractivity contribution is 6.04. The molecule has 1 saturated heterocycles. The number of amides is 1. The van der Waals surface area contributed by atoms with Gasteiger partial charge in [0.05, 0.1) is 11.4 Å². The number of nitrogens with one attached hydrogen (secondary N) is 3. The predicted molar refractivity (Wildman–Crippen MR) is 134 cm³/mol. The monoisotopic (exact) mass is 451 g/mol. The molecule has 1 aromatic heterocycles. The molecule has 3 rings (SSSR count). The maximum atomic E-state index is 12.7. The summed E-state index contributed by atoms with van der Waals surface area (Å²) < 4.78 is 5.73. The fourth-order valence-electron chi connectivity index (χ4n) is 3.76. The van der Waals surface area contributed by atoms with Crippen LogP contribution in [-0.2, 0) is 11.3 Å². The summed E-state index contributed by atoms with van der Waals surface area (Å²) in [5.41, 5.74) is 2.40. The summed E-state index contributed by atoms with van der Waals surface area (Å²) in [6, 6.07) is 11.1. The number of para-hydroxylation sites is 2. The second-order valence-corrected chi connectivity index (χ2v) is 9.39. The topological polar surface area (TPSA) is 78.5 Å². The zero-order valence-corrected chi connectivity index (χ0v) is 20.1. The first-order valence-electron chi connectivity index (χ1n) is 11.7. The lowest BCUT2D eigenvalue weighted by molar-refractivity contribution is 0.0565. The Morgan fingerprint density at radius 2 is 1.79 bits per heavy atom. The SMILES string of the molecule is C=C(Nc1ccccc1NC(=O)c1ccc(CNCCCN2CCCC2)cn1)OC(C)(C)C. The number of benzene rings is 1. The molecule has 0 saturated carbocycles. The molecule has 0 unspecified atom stereocenters. The van der Waals surface area contributed by atoms with Gasteiger partial charge < -0.3 is 25.6 Å². The number of hydrogen-bond donors (Lipinski definition) is 3. The Balaban J connectivity index is 1.47. The van der Waals surface area contributed by atoms with Crippen molar-refractivity contribution in [3.05, 3.63) is 66.3 Å². The zero-order chi connectivity index (χ0) is 23.7. The number of carbonyl (C=O) groups is 1. The largest absolute Gasteiger partial charge is 0.474 e. The van der Waals surface area contributed by atoms with E-state index in [2.05, 4.69) is 32.4 Å². The number of hydrogen-bond acceptors (Lipinski definition) is 6. The third kappa shape index (κ3) is 8.51. The molecule has 0 bridgehead atoms. The zero-order valence-electron chi connectivity index (χ0n) is 20.1. The molecule has 1 aliphatic heterocycles. The summed E-state index contributed by atoms with van der Waals surface area (Å²) in [4.78, 5) is 19.6. The molecule has 0 radical (unpaired) electrons. The van der Waals surface area contributed by atoms with E-state index in [9.17, 15) is 4.79 Å². The van der Waals surface area contributed by atoms with Crippen LogP contribution in [0.4, 0.5) is 11.4 Å². The number of carbonyl (C=O) groups excluding carboxylic acids is 1. The average Bonchev–Trinajstić information content (AvgIpc) is 3.27. The molecule has 0 spiro atoms. The minimum absolute atomic E-state index is 0.267. The van der Waals surface area contributed by atoms with Crippen LogP contribution in [0.3, 0.4) is 0 Å². The van der Waals surface area contributed by atoms with E-state index in [0.29, 0.717) is 23.0 Å². The summed E-state index contributed by atoms with van der Waals surface area (Å²) in [6.07, 6.45) is 5.57. The Bertz CT molecular complexity index is 915. The highest BCUT2D eigenvalue weighted by atomic mass is 16.5. The van der Waals surface area contributed by atoms with E-state index in [4.69, 9.17) is 4.74 Å². The van der Waals surface area contributed by atoms with E-state index in [1.54, 1.807) is 12.3 Å². The fraction of sp³-hybridized carbons (Fsp3) is 0.462. The van der Waals surface area contributed by atoms with Crippen molar-refractivity contribution in [1.29, 1.82) is 0 Å². The normalized spacial score (nSPS) is 14.2. The maximum Gasteiger partial charge on any atom is 0.274 e. The van der Waals surface area contributed by atoms with Crippen molar-refractivity contribution in [1.82, 2.24) is 15.2 Å². The quantitative estimate of drug-likeness (QED) is 0.342. The standard InChI is InChI=1S/C26H37N5O2/c1-20(33-26(2,3)4)29-22-10-5-6-11-23(22)30-25(32)24-13-12-21(19-28-24)18-27-14-9-17-31-15-7-8-16-31/h5-6,10-13,19,27,29H,1,7-9,14-18H2,2-4H3,(H,30,32). The number of likely N-dealkylation sites (tertiary alicyclic amines) is 1. The summed E-state index contributed by atoms with van der Waals surface area (Å²) in [7, 11) is 0. The molecule has 0 aliphatic carbocycles. The van der Waals surface area contributed by atoms with Crippen LogP contribution >= 0.6 is 0 Å². The molecular weight excluding hydrogens is 414 g/mol. The highest BCUT2D eigenvalue weighted by Crippen LogP contribution is 2.24. The molecule has 0 atom stereocenters. The van der Waals surface area contributed by atoms with Gasteiger partial charge in [-0.05, 0) is 96.6 Å². The van der Waals surface area contributed by atoms with E-state index in [0.717, 1.165) is 31.6 Å². The van der Waals surface area contributed by atoms with Gasteiger partial charge in [0.1, 0.15) is 11.3 Å². The second-order valence-electron chi connectivity index (χ2n) is 9.39. The average molecular weight is 452 g/mol. The fourth-order valence-corrected chi connectivity index (χ4v) is 3.76. The minimum Gasteiger partial charge on any atom is -0.474 e. The van der Waals surface area contributed by atoms with Crippen LogP contribution in [0.25, 0.3) is 0 Å². The molecule has 2 aromatic rings. The molecule has 3 N–H and O–H groups in total. The molecule has 1 fully saturated rings. The van der Waals surface area contributed by atoms with Crippen LogP contribution in [0, 0.1) is 0 Å². The van der Waals surface area contributed by atoms with Crippen molar-refractivity contribution in [3.63, 3.8) is 0 Å². The number of ether oxygens (including phenoxy) is 1. The van der Waals surface area contributed by atoms with Crippen molar-refractivity contribution >= 4 is 17.3 Å². The molecule has 2 heterocycles. The molecule has 7 nitrogen and oxygen atoms in total. The molecule has 33 heavy (non-hydrogen) atoms. The van der Waals surface area contributed by atoms with Gasteiger partial charge in [-0.2, -0.15) is 0 Å². The van der Waals surface area contributed by atoms with Gasteiger partial charge in [0.25, 0.3) is 5.91 Å². The predicted octanol–water partition coefficient (Wildman–Crippen LogP) is 4.61. The Kier molecular flexibility index (Phi) is 8.86. The van der Waals surface area contributed by atoms with E-state index >= 15 is 0 Å². The van der Waals surface area contributed by atoms with E-state index < -0.39 is 0 Å². The second kappa shape index (κ2) is 11.8. The van der Waals surface area contributed by atoms with Crippen molar-refractivity contribution in [2.75, 3.05) is 36.8 Å². The Morgan fingerprint density at radius 3 is 2.42 bits per heavy atom. The smallest absolute Gasteiger partial charge is 0.274 e. The lowest BCUT2D eigenvalue weighted by atomic mass is 10.2. The first-order chi connectivity index (χ1) is 15.8. The summed E-state index contributed by atoms with van der Waals surface area (Å²) in [5.74, 6) is 0.149. The first kappa shape index (κ1) is 24.7. The van der Waals surface area contributed by atoms with Crippen molar-refractivity contribution < 1.29 is 9.53 Å². The molecule has 1 aliphatic rings. The number of nitrogens with zero attached hydrogens (tertiary/aromatic N) is 2. The minimum atomic E-state index is -0.364. The highest BCUT2D eigenvalue weighted by Gasteiger charge is 2.15. The Labute approximate surface area is 197 Å². The molecule has 1 aromatic carbocycles. The van der Waals surface area contributed by atoms with Gasteiger partial charge in [0, 0.05) is 12.7 Å². The van der Waals surface area contributed by atoms with Gasteiger partial charge in [0.2, 0.25) is 0 Å². The first-order valence-corrected chi connectivity index (χ1v) is 11.7. The molecule has 178 valence electrons. The van der Waals surface area contributed by atoms with E-state index in [1.807, 2.05) is 51.1 Å². The van der Waals surface area contributed by atoms with Crippen LogP contribution in [0.5, 0.6) is 0 Å².